The molecule has 1 aromatic heterocycles. The molecule has 108 valence electrons. The van der Waals surface area contributed by atoms with Crippen LogP contribution in [0.4, 0.5) is 5.69 Å². The molecular formula is C17H19N3O. The van der Waals surface area contributed by atoms with Gasteiger partial charge >= 0.3 is 0 Å². The molecule has 3 unspecified atom stereocenters. The first kappa shape index (κ1) is 12.6. The van der Waals surface area contributed by atoms with Crippen molar-refractivity contribution in [2.45, 2.75) is 19.8 Å². The zero-order chi connectivity index (χ0) is 14.2. The van der Waals surface area contributed by atoms with Gasteiger partial charge in [0, 0.05) is 17.8 Å². The largest absolute Gasteiger partial charge is 0.423 e. The van der Waals surface area contributed by atoms with E-state index in [9.17, 15) is 0 Å². The van der Waals surface area contributed by atoms with Gasteiger partial charge in [-0.1, -0.05) is 18.2 Å². The van der Waals surface area contributed by atoms with Crippen LogP contribution < -0.4 is 5.32 Å². The van der Waals surface area contributed by atoms with Crippen LogP contribution in [-0.2, 0) is 0 Å². The van der Waals surface area contributed by atoms with Gasteiger partial charge in [-0.3, -0.25) is 0 Å². The fourth-order valence-corrected chi connectivity index (χ4v) is 3.61. The van der Waals surface area contributed by atoms with E-state index < -0.39 is 0 Å². The summed E-state index contributed by atoms with van der Waals surface area (Å²) in [5, 5.41) is 11.3. The lowest BCUT2D eigenvalue weighted by atomic mass is 9.93. The molecule has 0 amide bonds. The summed E-state index contributed by atoms with van der Waals surface area (Å²) in [6.07, 6.45) is 8.85. The molecule has 2 bridgehead atoms. The Morgan fingerprint density at radius 1 is 1.29 bits per heavy atom. The number of rotatable bonds is 4. The van der Waals surface area contributed by atoms with Crippen molar-refractivity contribution in [3.8, 4) is 11.5 Å². The first-order valence-electron chi connectivity index (χ1n) is 7.59. The number of nitrogens with one attached hydrogen (secondary N) is 1. The van der Waals surface area contributed by atoms with Gasteiger partial charge in [0.15, 0.2) is 0 Å². The predicted octanol–water partition coefficient (Wildman–Crippen LogP) is 3.67. The molecule has 0 spiro atoms. The lowest BCUT2D eigenvalue weighted by Gasteiger charge is -2.20. The number of anilines is 1. The normalized spacial score (nSPS) is 26.4. The number of aromatic nitrogens is 2. The summed E-state index contributed by atoms with van der Waals surface area (Å²) in [4.78, 5) is 0. The van der Waals surface area contributed by atoms with Gasteiger partial charge in [-0.15, -0.1) is 10.2 Å². The molecule has 3 atom stereocenters. The number of aryl methyl sites for hydroxylation is 1. The maximum atomic E-state index is 5.27. The van der Waals surface area contributed by atoms with Crippen molar-refractivity contribution < 1.29 is 4.42 Å². The van der Waals surface area contributed by atoms with Crippen LogP contribution in [0.1, 0.15) is 18.4 Å². The standard InChI is InChI=1S/C17H19N3O/c1-11-2-4-14(17-20-19-10-21-17)8-16(11)18-9-15-7-12-3-5-13(15)6-12/h2-5,8,10,12-13,15,18H,6-7,9H2,1H3. The maximum Gasteiger partial charge on any atom is 0.247 e. The first-order chi connectivity index (χ1) is 10.3. The highest BCUT2D eigenvalue weighted by Crippen LogP contribution is 2.43. The molecule has 4 nitrogen and oxygen atoms in total. The number of benzene rings is 1. The SMILES string of the molecule is Cc1ccc(-c2nnco2)cc1NCC1CC2C=CC1C2. The third-order valence-electron chi connectivity index (χ3n) is 4.82. The second-order valence-corrected chi connectivity index (χ2v) is 6.19. The summed E-state index contributed by atoms with van der Waals surface area (Å²) >= 11 is 0. The van der Waals surface area contributed by atoms with Crippen molar-refractivity contribution in [1.82, 2.24) is 10.2 Å². The van der Waals surface area contributed by atoms with Gasteiger partial charge in [0.1, 0.15) is 0 Å². The number of hydrogen-bond donors (Lipinski definition) is 1. The van der Waals surface area contributed by atoms with E-state index in [0.29, 0.717) is 5.89 Å². The lowest BCUT2D eigenvalue weighted by molar-refractivity contribution is 0.472. The number of nitrogens with zero attached hydrogens (tertiary/aromatic N) is 2. The van der Waals surface area contributed by atoms with Crippen LogP contribution >= 0.6 is 0 Å². The fraction of sp³-hybridized carbons (Fsp3) is 0.412. The van der Waals surface area contributed by atoms with Crippen LogP contribution in [0.5, 0.6) is 0 Å². The van der Waals surface area contributed by atoms with Crippen LogP contribution in [0.2, 0.25) is 0 Å². The third-order valence-corrected chi connectivity index (χ3v) is 4.82. The van der Waals surface area contributed by atoms with Gasteiger partial charge in [0.05, 0.1) is 0 Å². The quantitative estimate of drug-likeness (QED) is 0.869. The average molecular weight is 281 g/mol. The van der Waals surface area contributed by atoms with E-state index in [0.717, 1.165) is 35.5 Å². The molecule has 2 aromatic rings. The second kappa shape index (κ2) is 5.02. The fourth-order valence-electron chi connectivity index (χ4n) is 3.61. The van der Waals surface area contributed by atoms with E-state index in [1.165, 1.54) is 24.8 Å². The molecule has 4 rings (SSSR count). The molecule has 1 aromatic carbocycles. The van der Waals surface area contributed by atoms with Gasteiger partial charge in [0.2, 0.25) is 12.3 Å². The second-order valence-electron chi connectivity index (χ2n) is 6.19. The molecular weight excluding hydrogens is 262 g/mol. The maximum absolute atomic E-state index is 5.27. The minimum absolute atomic E-state index is 0.570. The van der Waals surface area contributed by atoms with Crippen molar-refractivity contribution in [2.75, 3.05) is 11.9 Å². The van der Waals surface area contributed by atoms with Crippen LogP contribution in [0, 0.1) is 24.7 Å². The minimum atomic E-state index is 0.570. The van der Waals surface area contributed by atoms with Gasteiger partial charge in [-0.25, -0.2) is 0 Å². The highest BCUT2D eigenvalue weighted by Gasteiger charge is 2.35. The number of hydrogen-bond acceptors (Lipinski definition) is 4. The lowest BCUT2D eigenvalue weighted by Crippen LogP contribution is -2.18. The predicted molar refractivity (Wildman–Crippen MR) is 81.8 cm³/mol. The molecule has 4 heteroatoms. The Morgan fingerprint density at radius 3 is 2.95 bits per heavy atom. The Balaban J connectivity index is 1.49. The molecule has 2 aliphatic rings. The molecule has 0 aliphatic heterocycles. The zero-order valence-electron chi connectivity index (χ0n) is 12.1. The van der Waals surface area contributed by atoms with E-state index in [2.05, 4.69) is 46.7 Å². The van der Waals surface area contributed by atoms with Crippen molar-refractivity contribution in [2.24, 2.45) is 17.8 Å². The molecule has 2 aliphatic carbocycles. The van der Waals surface area contributed by atoms with Crippen LogP contribution in [0.3, 0.4) is 0 Å². The molecule has 0 saturated heterocycles. The van der Waals surface area contributed by atoms with Crippen molar-refractivity contribution in [3.63, 3.8) is 0 Å². The van der Waals surface area contributed by atoms with E-state index in [1.807, 2.05) is 6.07 Å². The Morgan fingerprint density at radius 2 is 2.24 bits per heavy atom. The Kier molecular flexibility index (Phi) is 3.02. The Labute approximate surface area is 124 Å². The van der Waals surface area contributed by atoms with E-state index in [1.54, 1.807) is 0 Å². The van der Waals surface area contributed by atoms with E-state index in [4.69, 9.17) is 4.42 Å². The third kappa shape index (κ3) is 2.35. The van der Waals surface area contributed by atoms with Crippen molar-refractivity contribution >= 4 is 5.69 Å². The molecule has 0 radical (unpaired) electrons. The molecule has 1 N–H and O–H groups in total. The van der Waals surface area contributed by atoms with Crippen LogP contribution in [-0.4, -0.2) is 16.7 Å². The Hall–Kier alpha value is -2.10. The minimum Gasteiger partial charge on any atom is -0.423 e. The average Bonchev–Trinajstić information content (AvgIpc) is 3.23. The summed E-state index contributed by atoms with van der Waals surface area (Å²) in [6, 6.07) is 6.22. The summed E-state index contributed by atoms with van der Waals surface area (Å²) in [7, 11) is 0. The summed E-state index contributed by atoms with van der Waals surface area (Å²) in [6.45, 7) is 3.17. The van der Waals surface area contributed by atoms with Crippen LogP contribution in [0.25, 0.3) is 11.5 Å². The summed E-state index contributed by atoms with van der Waals surface area (Å²) in [5.74, 6) is 2.95. The zero-order valence-corrected chi connectivity index (χ0v) is 12.1. The number of allylic oxidation sites excluding steroid dienone is 2. The molecule has 1 heterocycles. The summed E-state index contributed by atoms with van der Waals surface area (Å²) < 4.78 is 5.27. The monoisotopic (exact) mass is 281 g/mol. The van der Waals surface area contributed by atoms with Gasteiger partial charge in [-0.05, 0) is 55.2 Å². The summed E-state index contributed by atoms with van der Waals surface area (Å²) in [5.41, 5.74) is 3.38. The first-order valence-corrected chi connectivity index (χ1v) is 7.59. The Bertz CT molecular complexity index is 663. The highest BCUT2D eigenvalue weighted by molar-refractivity contribution is 5.64. The van der Waals surface area contributed by atoms with Gasteiger partial charge in [0.25, 0.3) is 0 Å². The molecule has 1 saturated carbocycles. The smallest absolute Gasteiger partial charge is 0.247 e. The van der Waals surface area contributed by atoms with Gasteiger partial charge in [-0.2, -0.15) is 0 Å². The molecule has 1 fully saturated rings. The molecule has 21 heavy (non-hydrogen) atoms. The van der Waals surface area contributed by atoms with Crippen molar-refractivity contribution in [3.05, 3.63) is 42.3 Å². The van der Waals surface area contributed by atoms with Crippen LogP contribution in [0.15, 0.2) is 41.2 Å². The topological polar surface area (TPSA) is 51.0 Å². The van der Waals surface area contributed by atoms with Crippen molar-refractivity contribution in [1.29, 1.82) is 0 Å². The van der Waals surface area contributed by atoms with Gasteiger partial charge < -0.3 is 9.73 Å². The number of fused-ring (bicyclic) bond motifs is 2. The van der Waals surface area contributed by atoms with E-state index >= 15 is 0 Å². The highest BCUT2D eigenvalue weighted by atomic mass is 16.4. The van der Waals surface area contributed by atoms with E-state index in [-0.39, 0.29) is 0 Å².